The van der Waals surface area contributed by atoms with E-state index in [1.165, 1.54) is 32.1 Å². The number of H-pyrrole nitrogens is 1. The van der Waals surface area contributed by atoms with Gasteiger partial charge in [0.25, 0.3) is 0 Å². The van der Waals surface area contributed by atoms with E-state index in [9.17, 15) is 4.79 Å². The van der Waals surface area contributed by atoms with Gasteiger partial charge in [-0.2, -0.15) is 5.10 Å². The van der Waals surface area contributed by atoms with Crippen LogP contribution in [0, 0.1) is 4.77 Å². The highest BCUT2D eigenvalue weighted by Gasteiger charge is 2.15. The monoisotopic (exact) mass is 364 g/mol. The molecule has 1 amide bonds. The Morgan fingerprint density at radius 1 is 1.33 bits per heavy atom. The van der Waals surface area contributed by atoms with Crippen LogP contribution in [0.4, 0.5) is 0 Å². The van der Waals surface area contributed by atoms with E-state index in [0.717, 1.165) is 23.5 Å². The van der Waals surface area contributed by atoms with E-state index in [1.54, 1.807) is 11.3 Å². The largest absolute Gasteiger partial charge is 0.353 e. The number of nitrogens with zero attached hydrogens (tertiary/aromatic N) is 2. The van der Waals surface area contributed by atoms with Gasteiger partial charge in [0.15, 0.2) is 10.6 Å². The summed E-state index contributed by atoms with van der Waals surface area (Å²) in [5, 5.41) is 12.4. The minimum atomic E-state index is 0.112. The molecule has 2 aromatic heterocycles. The molecule has 2 heterocycles. The number of nitrogens with one attached hydrogen (secondary N) is 2. The first kappa shape index (κ1) is 17.4. The van der Waals surface area contributed by atoms with E-state index in [-0.39, 0.29) is 5.91 Å². The topological polar surface area (TPSA) is 62.7 Å². The van der Waals surface area contributed by atoms with E-state index in [1.807, 2.05) is 22.1 Å². The molecule has 3 rings (SSSR count). The molecule has 0 aliphatic heterocycles. The minimum Gasteiger partial charge on any atom is -0.353 e. The third kappa shape index (κ3) is 4.54. The van der Waals surface area contributed by atoms with E-state index in [2.05, 4.69) is 15.5 Å². The van der Waals surface area contributed by atoms with Crippen LogP contribution in [0.3, 0.4) is 0 Å². The van der Waals surface area contributed by atoms with Gasteiger partial charge in [0.1, 0.15) is 0 Å². The van der Waals surface area contributed by atoms with Crippen LogP contribution in [0.1, 0.15) is 51.4 Å². The second-order valence-electron chi connectivity index (χ2n) is 6.34. The first-order valence-electron chi connectivity index (χ1n) is 8.72. The fourth-order valence-electron chi connectivity index (χ4n) is 3.23. The molecule has 24 heavy (non-hydrogen) atoms. The van der Waals surface area contributed by atoms with Crippen molar-refractivity contribution in [2.45, 2.75) is 64.0 Å². The summed E-state index contributed by atoms with van der Waals surface area (Å²) in [7, 11) is 0. The van der Waals surface area contributed by atoms with Crippen LogP contribution < -0.4 is 5.32 Å². The van der Waals surface area contributed by atoms with Gasteiger partial charge in [-0.1, -0.05) is 38.2 Å². The Labute approximate surface area is 151 Å². The first-order valence-corrected chi connectivity index (χ1v) is 10.0. The molecule has 130 valence electrons. The maximum atomic E-state index is 12.3. The fourth-order valence-corrected chi connectivity index (χ4v) is 4.18. The maximum absolute atomic E-state index is 12.3. The Kier molecular flexibility index (Phi) is 6.20. The summed E-state index contributed by atoms with van der Waals surface area (Å²) in [4.78, 5) is 13.4. The standard InChI is InChI=1S/C17H24N4OS2/c22-15(18-13-7-4-2-1-3-5-8-13)10-11-21-16(19-20-17(21)23)14-9-6-12-24-14/h6,9,12-13H,1-5,7-8,10-11H2,(H,18,22)(H,20,23). The summed E-state index contributed by atoms with van der Waals surface area (Å²) in [5.74, 6) is 0.926. The Balaban J connectivity index is 1.56. The number of rotatable bonds is 5. The van der Waals surface area contributed by atoms with Gasteiger partial charge < -0.3 is 5.32 Å². The second kappa shape index (κ2) is 8.58. The van der Waals surface area contributed by atoms with Crippen molar-refractivity contribution in [3.63, 3.8) is 0 Å². The molecule has 0 bridgehead atoms. The summed E-state index contributed by atoms with van der Waals surface area (Å²) in [5.41, 5.74) is 0. The van der Waals surface area contributed by atoms with Crippen molar-refractivity contribution in [3.05, 3.63) is 22.3 Å². The third-order valence-electron chi connectivity index (χ3n) is 4.53. The second-order valence-corrected chi connectivity index (χ2v) is 7.68. The molecule has 0 radical (unpaired) electrons. The van der Waals surface area contributed by atoms with Crippen molar-refractivity contribution >= 4 is 29.5 Å². The van der Waals surface area contributed by atoms with Gasteiger partial charge in [0.2, 0.25) is 5.91 Å². The summed E-state index contributed by atoms with van der Waals surface area (Å²) in [6.07, 6.45) is 9.02. The lowest BCUT2D eigenvalue weighted by Gasteiger charge is -2.21. The number of carbonyl (C=O) groups excluding carboxylic acids is 1. The number of aromatic nitrogens is 3. The zero-order valence-corrected chi connectivity index (χ0v) is 15.4. The average molecular weight is 365 g/mol. The molecule has 0 saturated heterocycles. The molecule has 0 atom stereocenters. The van der Waals surface area contributed by atoms with Crippen molar-refractivity contribution in [1.82, 2.24) is 20.1 Å². The van der Waals surface area contributed by atoms with E-state index >= 15 is 0 Å². The average Bonchev–Trinajstić information content (AvgIpc) is 3.17. The van der Waals surface area contributed by atoms with Gasteiger partial charge in [-0.15, -0.1) is 11.3 Å². The lowest BCUT2D eigenvalue weighted by atomic mass is 9.96. The van der Waals surface area contributed by atoms with Gasteiger partial charge in [-0.25, -0.2) is 0 Å². The van der Waals surface area contributed by atoms with Crippen molar-refractivity contribution in [3.8, 4) is 10.7 Å². The molecule has 2 aromatic rings. The molecule has 1 saturated carbocycles. The van der Waals surface area contributed by atoms with Crippen molar-refractivity contribution < 1.29 is 4.79 Å². The van der Waals surface area contributed by atoms with Crippen LogP contribution in [0.15, 0.2) is 17.5 Å². The van der Waals surface area contributed by atoms with Gasteiger partial charge in [0.05, 0.1) is 4.88 Å². The Hall–Kier alpha value is -1.47. The summed E-state index contributed by atoms with van der Waals surface area (Å²) in [6.45, 7) is 0.557. The Bertz CT molecular complexity index is 696. The molecule has 7 heteroatoms. The molecule has 5 nitrogen and oxygen atoms in total. The number of aromatic amines is 1. The maximum Gasteiger partial charge on any atom is 0.222 e. The summed E-state index contributed by atoms with van der Waals surface area (Å²) < 4.78 is 2.48. The van der Waals surface area contributed by atoms with E-state index in [0.29, 0.717) is 23.8 Å². The molecule has 1 aliphatic rings. The highest BCUT2D eigenvalue weighted by atomic mass is 32.1. The lowest BCUT2D eigenvalue weighted by Crippen LogP contribution is -2.35. The lowest BCUT2D eigenvalue weighted by molar-refractivity contribution is -0.122. The van der Waals surface area contributed by atoms with Crippen molar-refractivity contribution in [1.29, 1.82) is 0 Å². The minimum absolute atomic E-state index is 0.112. The SMILES string of the molecule is O=C(CCn1c(-c2cccs2)n[nH]c1=S)NC1CCCCCCC1. The number of carbonyl (C=O) groups is 1. The number of hydrogen-bond donors (Lipinski definition) is 2. The van der Waals surface area contributed by atoms with E-state index in [4.69, 9.17) is 12.2 Å². The van der Waals surface area contributed by atoms with Crippen LogP contribution in [-0.4, -0.2) is 26.7 Å². The van der Waals surface area contributed by atoms with Crippen molar-refractivity contribution in [2.24, 2.45) is 0 Å². The number of amides is 1. The first-order chi connectivity index (χ1) is 11.7. The Morgan fingerprint density at radius 3 is 2.79 bits per heavy atom. The Morgan fingerprint density at radius 2 is 2.08 bits per heavy atom. The highest BCUT2D eigenvalue weighted by Crippen LogP contribution is 2.23. The molecule has 0 spiro atoms. The van der Waals surface area contributed by atoms with Crippen LogP contribution in [0.5, 0.6) is 0 Å². The number of thiophene rings is 1. The molecular weight excluding hydrogens is 340 g/mol. The zero-order chi connectivity index (χ0) is 16.8. The zero-order valence-electron chi connectivity index (χ0n) is 13.8. The predicted molar refractivity (Wildman–Crippen MR) is 99.6 cm³/mol. The molecule has 1 aliphatic carbocycles. The smallest absolute Gasteiger partial charge is 0.222 e. The predicted octanol–water partition coefficient (Wildman–Crippen LogP) is 4.29. The van der Waals surface area contributed by atoms with Crippen LogP contribution in [0.2, 0.25) is 0 Å². The van der Waals surface area contributed by atoms with Crippen LogP contribution in [0.25, 0.3) is 10.7 Å². The summed E-state index contributed by atoms with van der Waals surface area (Å²) >= 11 is 6.93. The fraction of sp³-hybridized carbons (Fsp3) is 0.588. The molecule has 0 unspecified atom stereocenters. The van der Waals surface area contributed by atoms with Crippen molar-refractivity contribution in [2.75, 3.05) is 0 Å². The third-order valence-corrected chi connectivity index (χ3v) is 5.71. The van der Waals surface area contributed by atoms with Crippen LogP contribution in [-0.2, 0) is 11.3 Å². The normalized spacial score (nSPS) is 16.5. The number of hydrogen-bond acceptors (Lipinski definition) is 4. The van der Waals surface area contributed by atoms with Crippen LogP contribution >= 0.6 is 23.6 Å². The quantitative estimate of drug-likeness (QED) is 0.778. The highest BCUT2D eigenvalue weighted by molar-refractivity contribution is 7.71. The van der Waals surface area contributed by atoms with Gasteiger partial charge >= 0.3 is 0 Å². The molecule has 1 fully saturated rings. The molecule has 2 N–H and O–H groups in total. The van der Waals surface area contributed by atoms with Gasteiger partial charge in [-0.05, 0) is 36.5 Å². The molecule has 0 aromatic carbocycles. The molecular formula is C17H24N4OS2. The summed E-state index contributed by atoms with van der Waals surface area (Å²) in [6, 6.07) is 4.34. The van der Waals surface area contributed by atoms with Gasteiger partial charge in [0, 0.05) is 19.0 Å². The van der Waals surface area contributed by atoms with E-state index < -0.39 is 0 Å². The van der Waals surface area contributed by atoms with Gasteiger partial charge in [-0.3, -0.25) is 14.5 Å².